The first-order valence-electron chi connectivity index (χ1n) is 12.1. The second kappa shape index (κ2) is 8.56. The Morgan fingerprint density at radius 2 is 2.00 bits per heavy atom. The number of nitrogens with zero attached hydrogens (tertiary/aromatic N) is 7. The lowest BCUT2D eigenvalue weighted by Crippen LogP contribution is -2.52. The maximum Gasteiger partial charge on any atom is 0.198 e. The number of halogens is 2. The molecule has 0 saturated heterocycles. The van der Waals surface area contributed by atoms with Crippen molar-refractivity contribution in [2.75, 3.05) is 4.90 Å². The highest BCUT2D eigenvalue weighted by molar-refractivity contribution is 5.66. The van der Waals surface area contributed by atoms with Crippen molar-refractivity contribution in [1.82, 2.24) is 25.0 Å². The lowest BCUT2D eigenvalue weighted by atomic mass is 9.69. The normalized spacial score (nSPS) is 25.7. The molecule has 2 bridgehead atoms. The van der Waals surface area contributed by atoms with Crippen LogP contribution in [0.3, 0.4) is 0 Å². The summed E-state index contributed by atoms with van der Waals surface area (Å²) < 4.78 is 30.4. The Morgan fingerprint density at radius 3 is 2.69 bits per heavy atom. The lowest BCUT2D eigenvalue weighted by molar-refractivity contribution is 0.0631. The van der Waals surface area contributed by atoms with Crippen LogP contribution in [0.5, 0.6) is 5.75 Å². The first-order valence-corrected chi connectivity index (χ1v) is 12.1. The van der Waals surface area contributed by atoms with Gasteiger partial charge in [-0.3, -0.25) is 0 Å². The smallest absolute Gasteiger partial charge is 0.198 e. The number of nitriles is 1. The van der Waals surface area contributed by atoms with Crippen molar-refractivity contribution < 1.29 is 13.9 Å². The third kappa shape index (κ3) is 3.99. The largest absolute Gasteiger partial charge is 0.507 e. The molecule has 3 saturated carbocycles. The van der Waals surface area contributed by atoms with Gasteiger partial charge >= 0.3 is 0 Å². The number of phenols is 1. The van der Waals surface area contributed by atoms with Gasteiger partial charge < -0.3 is 10.0 Å². The number of fused-ring (bicyclic) bond motifs is 2. The summed E-state index contributed by atoms with van der Waals surface area (Å²) >= 11 is 0. The molecular formula is C25H25F2N7O. The molecule has 180 valence electrons. The second-order valence-electron chi connectivity index (χ2n) is 9.90. The predicted octanol–water partition coefficient (Wildman–Crippen LogP) is 4.33. The fourth-order valence-corrected chi connectivity index (χ4v) is 5.79. The van der Waals surface area contributed by atoms with E-state index in [0.717, 1.165) is 44.7 Å². The van der Waals surface area contributed by atoms with Crippen molar-refractivity contribution in [3.63, 3.8) is 0 Å². The molecule has 0 radical (unpaired) electrons. The number of hydrogen-bond acceptors (Lipinski definition) is 7. The van der Waals surface area contributed by atoms with Gasteiger partial charge in [0.25, 0.3) is 0 Å². The number of rotatable bonds is 5. The molecule has 6 rings (SSSR count). The van der Waals surface area contributed by atoms with Crippen LogP contribution in [0, 0.1) is 29.0 Å². The Bertz CT molecular complexity index is 1280. The molecule has 3 aliphatic carbocycles. The molecule has 2 aromatic heterocycles. The van der Waals surface area contributed by atoms with Gasteiger partial charge in [-0.25, -0.2) is 18.4 Å². The summed E-state index contributed by atoms with van der Waals surface area (Å²) in [7, 11) is 0. The minimum absolute atomic E-state index is 0.130. The summed E-state index contributed by atoms with van der Waals surface area (Å²) in [5.74, 6) is 0.657. The molecule has 3 aromatic rings. The fraction of sp³-hybridized carbons (Fsp3) is 0.480. The topological polar surface area (TPSA) is 104 Å². The minimum atomic E-state index is -0.862. The van der Waals surface area contributed by atoms with Gasteiger partial charge in [0, 0.05) is 12.1 Å². The standard InChI is InChI=1S/C25H25F2N7O/c26-19-13-33(32-20(19)11-28)17-6-7-18(22(35)10-17)25-29-12-23(30-31-25)34(16-4-5-16)21-9-14-2-1-3-15(8-14)24(21)27/h6-7,10,12-16,21,24,35H,1-5,8-9H2/t14-,15+,21+,24-/m1/s1. The van der Waals surface area contributed by atoms with E-state index in [9.17, 15) is 9.50 Å². The molecule has 3 fully saturated rings. The number of aromatic nitrogens is 5. The van der Waals surface area contributed by atoms with Gasteiger partial charge in [-0.1, -0.05) is 12.8 Å². The number of alkyl halides is 1. The molecule has 35 heavy (non-hydrogen) atoms. The Labute approximate surface area is 201 Å². The molecule has 4 atom stereocenters. The van der Waals surface area contributed by atoms with Crippen molar-refractivity contribution in [3.8, 4) is 28.9 Å². The van der Waals surface area contributed by atoms with E-state index < -0.39 is 12.0 Å². The van der Waals surface area contributed by atoms with E-state index in [4.69, 9.17) is 5.26 Å². The molecule has 3 aliphatic rings. The summed E-state index contributed by atoms with van der Waals surface area (Å²) in [5.41, 5.74) is 0.413. The molecule has 10 heteroatoms. The number of hydrogen-bond donors (Lipinski definition) is 1. The van der Waals surface area contributed by atoms with E-state index in [-0.39, 0.29) is 35.3 Å². The van der Waals surface area contributed by atoms with Crippen LogP contribution in [0.25, 0.3) is 17.1 Å². The summed E-state index contributed by atoms with van der Waals surface area (Å²) in [6, 6.07) is 6.37. The van der Waals surface area contributed by atoms with Crippen LogP contribution in [0.15, 0.2) is 30.6 Å². The van der Waals surface area contributed by atoms with Crippen LogP contribution < -0.4 is 4.90 Å². The first-order chi connectivity index (χ1) is 17.0. The SMILES string of the molecule is N#Cc1nn(-c2ccc(-c3ncc(N(C4CC4)[C@H]4C[C@@H]5CCC[C@@H](C5)[C@H]4F)nn3)c(O)c2)cc1F. The van der Waals surface area contributed by atoms with Crippen molar-refractivity contribution >= 4 is 5.82 Å². The van der Waals surface area contributed by atoms with Gasteiger partial charge in [0.2, 0.25) is 0 Å². The maximum atomic E-state index is 15.5. The summed E-state index contributed by atoms with van der Waals surface area (Å²) in [6.45, 7) is 0. The minimum Gasteiger partial charge on any atom is -0.507 e. The molecule has 2 heterocycles. The molecule has 1 N–H and O–H groups in total. The van der Waals surface area contributed by atoms with Crippen LogP contribution in [-0.2, 0) is 0 Å². The maximum absolute atomic E-state index is 15.5. The van der Waals surface area contributed by atoms with Gasteiger partial charge in [0.1, 0.15) is 18.0 Å². The highest BCUT2D eigenvalue weighted by Crippen LogP contribution is 2.46. The van der Waals surface area contributed by atoms with Crippen LogP contribution in [0.2, 0.25) is 0 Å². The zero-order valence-electron chi connectivity index (χ0n) is 19.1. The summed E-state index contributed by atoms with van der Waals surface area (Å²) in [5, 5.41) is 32.0. The van der Waals surface area contributed by atoms with Gasteiger partial charge in [-0.2, -0.15) is 10.4 Å². The van der Waals surface area contributed by atoms with Gasteiger partial charge in [-0.15, -0.1) is 10.2 Å². The average molecular weight is 478 g/mol. The number of benzene rings is 1. The first kappa shape index (κ1) is 21.9. The summed E-state index contributed by atoms with van der Waals surface area (Å²) in [6.07, 6.45) is 8.98. The van der Waals surface area contributed by atoms with E-state index in [1.165, 1.54) is 17.2 Å². The van der Waals surface area contributed by atoms with Crippen molar-refractivity contribution in [2.45, 2.75) is 63.2 Å². The zero-order chi connectivity index (χ0) is 24.1. The van der Waals surface area contributed by atoms with Crippen LogP contribution in [-0.4, -0.2) is 48.3 Å². The highest BCUT2D eigenvalue weighted by Gasteiger charge is 2.46. The number of aromatic hydroxyl groups is 1. The molecule has 1 aromatic carbocycles. The second-order valence-corrected chi connectivity index (χ2v) is 9.90. The number of phenolic OH excluding ortho intramolecular Hbond substituents is 1. The Balaban J connectivity index is 1.26. The zero-order valence-corrected chi connectivity index (χ0v) is 19.1. The Hall–Kier alpha value is -3.61. The van der Waals surface area contributed by atoms with Crippen molar-refractivity contribution in [2.24, 2.45) is 11.8 Å². The summed E-state index contributed by atoms with van der Waals surface area (Å²) in [4.78, 5) is 6.56. The lowest BCUT2D eigenvalue weighted by Gasteiger charge is -2.46. The molecule has 0 amide bonds. The third-order valence-corrected chi connectivity index (χ3v) is 7.59. The fourth-order valence-electron chi connectivity index (χ4n) is 5.79. The van der Waals surface area contributed by atoms with Gasteiger partial charge in [0.05, 0.1) is 29.7 Å². The van der Waals surface area contributed by atoms with E-state index >= 15 is 4.39 Å². The van der Waals surface area contributed by atoms with E-state index in [0.29, 0.717) is 23.0 Å². The van der Waals surface area contributed by atoms with E-state index in [2.05, 4.69) is 25.2 Å². The molecule has 0 aliphatic heterocycles. The van der Waals surface area contributed by atoms with Crippen LogP contribution in [0.4, 0.5) is 14.6 Å². The Morgan fingerprint density at radius 1 is 1.14 bits per heavy atom. The van der Waals surface area contributed by atoms with Gasteiger partial charge in [-0.05, 0) is 56.1 Å². The van der Waals surface area contributed by atoms with E-state index in [1.54, 1.807) is 24.4 Å². The molecule has 0 unspecified atom stereocenters. The predicted molar refractivity (Wildman–Crippen MR) is 123 cm³/mol. The molecule has 8 nitrogen and oxygen atoms in total. The van der Waals surface area contributed by atoms with Crippen LogP contribution >= 0.6 is 0 Å². The Kier molecular flexibility index (Phi) is 5.35. The van der Waals surface area contributed by atoms with Crippen LogP contribution in [0.1, 0.15) is 50.6 Å². The van der Waals surface area contributed by atoms with Crippen molar-refractivity contribution in [3.05, 3.63) is 42.1 Å². The highest BCUT2D eigenvalue weighted by atomic mass is 19.1. The van der Waals surface area contributed by atoms with Gasteiger partial charge in [0.15, 0.2) is 23.2 Å². The number of anilines is 1. The monoisotopic (exact) mass is 477 g/mol. The molecule has 0 spiro atoms. The van der Waals surface area contributed by atoms with Crippen molar-refractivity contribution in [1.29, 1.82) is 5.26 Å². The van der Waals surface area contributed by atoms with E-state index in [1.807, 2.05) is 0 Å². The third-order valence-electron chi connectivity index (χ3n) is 7.59. The quantitative estimate of drug-likeness (QED) is 0.583. The average Bonchev–Trinajstić information content (AvgIpc) is 3.63. The molecular weight excluding hydrogens is 452 g/mol.